The first-order valence-electron chi connectivity index (χ1n) is 8.53. The summed E-state index contributed by atoms with van der Waals surface area (Å²) in [4.78, 5) is 12.5. The average Bonchev–Trinajstić information content (AvgIpc) is 2.70. The second-order valence-electron chi connectivity index (χ2n) is 6.23. The molecule has 0 aliphatic heterocycles. The molecule has 7 heteroatoms. The van der Waals surface area contributed by atoms with Gasteiger partial charge in [-0.2, -0.15) is 4.31 Å². The van der Waals surface area contributed by atoms with Crippen LogP contribution in [0.2, 0.25) is 0 Å². The van der Waals surface area contributed by atoms with E-state index in [1.54, 1.807) is 12.1 Å². The quantitative estimate of drug-likeness (QED) is 0.590. The second kappa shape index (κ2) is 8.68. The summed E-state index contributed by atoms with van der Waals surface area (Å²) in [6.07, 6.45) is 0. The molecule has 1 amide bonds. The number of hydrogen-bond acceptors (Lipinski definition) is 3. The number of sulfonamides is 1. The Hall–Kier alpha value is -2.48. The molecule has 0 radical (unpaired) electrons. The van der Waals surface area contributed by atoms with Crippen LogP contribution < -0.4 is 5.32 Å². The Labute approximate surface area is 173 Å². The lowest BCUT2D eigenvalue weighted by Crippen LogP contribution is -2.26. The molecule has 3 rings (SSSR count). The predicted molar refractivity (Wildman–Crippen MR) is 114 cm³/mol. The van der Waals surface area contributed by atoms with Crippen LogP contribution in [0.1, 0.15) is 15.9 Å². The Balaban J connectivity index is 1.71. The molecule has 0 atom stereocenters. The molecule has 3 aromatic carbocycles. The van der Waals surface area contributed by atoms with E-state index in [0.717, 1.165) is 10.0 Å². The normalized spacial score (nSPS) is 11.4. The van der Waals surface area contributed by atoms with Gasteiger partial charge in [-0.15, -0.1) is 0 Å². The minimum absolute atomic E-state index is 0.145. The summed E-state index contributed by atoms with van der Waals surface area (Å²) in [6.45, 7) is 0.273. The average molecular weight is 459 g/mol. The highest BCUT2D eigenvalue weighted by molar-refractivity contribution is 9.10. The summed E-state index contributed by atoms with van der Waals surface area (Å²) < 4.78 is 27.7. The summed E-state index contributed by atoms with van der Waals surface area (Å²) in [5, 5.41) is 2.78. The van der Waals surface area contributed by atoms with Crippen LogP contribution in [0.3, 0.4) is 0 Å². The minimum Gasteiger partial charge on any atom is -0.322 e. The van der Waals surface area contributed by atoms with Crippen LogP contribution in [-0.4, -0.2) is 25.7 Å². The van der Waals surface area contributed by atoms with Crippen LogP contribution in [0, 0.1) is 0 Å². The van der Waals surface area contributed by atoms with Gasteiger partial charge in [-0.1, -0.05) is 46.3 Å². The van der Waals surface area contributed by atoms with Crippen molar-refractivity contribution >= 4 is 37.5 Å². The molecular weight excluding hydrogens is 440 g/mol. The Kier molecular flexibility index (Phi) is 6.28. The van der Waals surface area contributed by atoms with Crippen molar-refractivity contribution in [2.24, 2.45) is 0 Å². The van der Waals surface area contributed by atoms with Crippen LogP contribution in [0.5, 0.6) is 0 Å². The van der Waals surface area contributed by atoms with Gasteiger partial charge in [0.25, 0.3) is 5.91 Å². The van der Waals surface area contributed by atoms with E-state index in [0.29, 0.717) is 11.3 Å². The lowest BCUT2D eigenvalue weighted by Gasteiger charge is -2.17. The SMILES string of the molecule is CN(Cc1ccccc1)S(=O)(=O)c1ccc(C(=O)Nc2ccc(Br)cc2)cc1. The Morgan fingerprint density at radius 2 is 1.54 bits per heavy atom. The molecule has 0 fully saturated rings. The lowest BCUT2D eigenvalue weighted by molar-refractivity contribution is 0.102. The lowest BCUT2D eigenvalue weighted by atomic mass is 10.2. The van der Waals surface area contributed by atoms with Gasteiger partial charge in [-0.25, -0.2) is 8.42 Å². The third-order valence-electron chi connectivity index (χ3n) is 4.17. The summed E-state index contributed by atoms with van der Waals surface area (Å²) in [5.74, 6) is -0.302. The van der Waals surface area contributed by atoms with E-state index < -0.39 is 10.0 Å². The first kappa shape index (κ1) is 20.3. The molecular formula is C21H19BrN2O3S. The van der Waals surface area contributed by atoms with Crippen molar-refractivity contribution in [2.75, 3.05) is 12.4 Å². The van der Waals surface area contributed by atoms with E-state index >= 15 is 0 Å². The predicted octanol–water partition coefficient (Wildman–Crippen LogP) is 4.52. The zero-order valence-electron chi connectivity index (χ0n) is 15.2. The fraction of sp³-hybridized carbons (Fsp3) is 0.0952. The molecule has 144 valence electrons. The number of amides is 1. The number of carbonyl (C=O) groups excluding carboxylic acids is 1. The van der Waals surface area contributed by atoms with Crippen LogP contribution in [0.15, 0.2) is 88.2 Å². The number of benzene rings is 3. The van der Waals surface area contributed by atoms with Crippen molar-refractivity contribution in [1.82, 2.24) is 4.31 Å². The Morgan fingerprint density at radius 3 is 2.14 bits per heavy atom. The van der Waals surface area contributed by atoms with E-state index in [-0.39, 0.29) is 17.3 Å². The monoisotopic (exact) mass is 458 g/mol. The molecule has 0 bridgehead atoms. The van der Waals surface area contributed by atoms with Crippen LogP contribution in [0.25, 0.3) is 0 Å². The van der Waals surface area contributed by atoms with Crippen molar-refractivity contribution in [3.63, 3.8) is 0 Å². The highest BCUT2D eigenvalue weighted by Crippen LogP contribution is 2.19. The van der Waals surface area contributed by atoms with E-state index in [1.807, 2.05) is 42.5 Å². The molecule has 5 nitrogen and oxygen atoms in total. The molecule has 0 saturated heterocycles. The number of anilines is 1. The standard InChI is InChI=1S/C21H19BrN2O3S/c1-24(15-16-5-3-2-4-6-16)28(26,27)20-13-7-17(8-14-20)21(25)23-19-11-9-18(22)10-12-19/h2-14H,15H2,1H3,(H,23,25). The first-order valence-corrected chi connectivity index (χ1v) is 10.8. The molecule has 0 aromatic heterocycles. The maximum atomic E-state index is 12.8. The van der Waals surface area contributed by atoms with E-state index in [1.165, 1.54) is 35.6 Å². The summed E-state index contributed by atoms with van der Waals surface area (Å²) in [5.41, 5.74) is 1.94. The molecule has 0 aliphatic carbocycles. The zero-order valence-corrected chi connectivity index (χ0v) is 17.6. The van der Waals surface area contributed by atoms with Gasteiger partial charge in [-0.05, 0) is 54.1 Å². The van der Waals surface area contributed by atoms with Gasteiger partial charge in [-0.3, -0.25) is 4.79 Å². The number of halogens is 1. The van der Waals surface area contributed by atoms with Gasteiger partial charge in [0.15, 0.2) is 0 Å². The van der Waals surface area contributed by atoms with E-state index in [2.05, 4.69) is 21.2 Å². The number of carbonyl (C=O) groups is 1. The van der Waals surface area contributed by atoms with Gasteiger partial charge in [0.05, 0.1) is 4.90 Å². The molecule has 0 heterocycles. The smallest absolute Gasteiger partial charge is 0.255 e. The van der Waals surface area contributed by atoms with Crippen molar-refractivity contribution in [1.29, 1.82) is 0 Å². The van der Waals surface area contributed by atoms with Gasteiger partial charge >= 0.3 is 0 Å². The zero-order chi connectivity index (χ0) is 20.1. The van der Waals surface area contributed by atoms with Gasteiger partial charge in [0.2, 0.25) is 10.0 Å². The second-order valence-corrected chi connectivity index (χ2v) is 9.19. The highest BCUT2D eigenvalue weighted by Gasteiger charge is 2.21. The molecule has 3 aromatic rings. The van der Waals surface area contributed by atoms with Crippen LogP contribution in [0.4, 0.5) is 5.69 Å². The fourth-order valence-electron chi connectivity index (χ4n) is 2.62. The van der Waals surface area contributed by atoms with Crippen molar-refractivity contribution in [3.8, 4) is 0 Å². The van der Waals surface area contributed by atoms with Crippen molar-refractivity contribution in [2.45, 2.75) is 11.4 Å². The molecule has 28 heavy (non-hydrogen) atoms. The van der Waals surface area contributed by atoms with Crippen molar-refractivity contribution < 1.29 is 13.2 Å². The van der Waals surface area contributed by atoms with Gasteiger partial charge in [0, 0.05) is 29.3 Å². The minimum atomic E-state index is -3.65. The number of nitrogens with one attached hydrogen (secondary N) is 1. The summed E-state index contributed by atoms with van der Waals surface area (Å²) in [6, 6.07) is 22.5. The topological polar surface area (TPSA) is 66.5 Å². The first-order chi connectivity index (χ1) is 13.4. The molecule has 0 spiro atoms. The molecule has 1 N–H and O–H groups in total. The molecule has 0 saturated carbocycles. The number of rotatable bonds is 6. The third kappa shape index (κ3) is 4.86. The summed E-state index contributed by atoms with van der Waals surface area (Å²) in [7, 11) is -2.11. The van der Waals surface area contributed by atoms with E-state index in [4.69, 9.17) is 0 Å². The maximum Gasteiger partial charge on any atom is 0.255 e. The third-order valence-corrected chi connectivity index (χ3v) is 6.52. The Morgan fingerprint density at radius 1 is 0.929 bits per heavy atom. The molecule has 0 aliphatic rings. The fourth-order valence-corrected chi connectivity index (χ4v) is 4.04. The van der Waals surface area contributed by atoms with E-state index in [9.17, 15) is 13.2 Å². The van der Waals surface area contributed by atoms with Gasteiger partial charge in [0.1, 0.15) is 0 Å². The van der Waals surface area contributed by atoms with Crippen LogP contribution in [-0.2, 0) is 16.6 Å². The summed E-state index contributed by atoms with van der Waals surface area (Å²) >= 11 is 3.34. The maximum absolute atomic E-state index is 12.8. The molecule has 0 unspecified atom stereocenters. The van der Waals surface area contributed by atoms with Crippen LogP contribution >= 0.6 is 15.9 Å². The van der Waals surface area contributed by atoms with Gasteiger partial charge < -0.3 is 5.32 Å². The largest absolute Gasteiger partial charge is 0.322 e. The highest BCUT2D eigenvalue weighted by atomic mass is 79.9. The number of hydrogen-bond donors (Lipinski definition) is 1. The number of nitrogens with zero attached hydrogens (tertiary/aromatic N) is 1. The Bertz CT molecular complexity index is 1050. The van der Waals surface area contributed by atoms with Crippen molar-refractivity contribution in [3.05, 3.63) is 94.5 Å².